The highest BCUT2D eigenvalue weighted by Gasteiger charge is 2.39. The molecule has 2 N–H and O–H groups in total. The summed E-state index contributed by atoms with van der Waals surface area (Å²) in [6, 6.07) is 0. The fourth-order valence-corrected chi connectivity index (χ4v) is 2.71. The fraction of sp³-hybridized carbons (Fsp3) is 0.667. The van der Waals surface area contributed by atoms with Gasteiger partial charge in [-0.15, -0.1) is 11.8 Å². The molecule has 0 saturated carbocycles. The maximum absolute atomic E-state index is 12.0. The van der Waals surface area contributed by atoms with Crippen molar-refractivity contribution in [1.82, 2.24) is 15.5 Å². The number of carbonyl (C=O) groups is 4. The van der Waals surface area contributed by atoms with Crippen LogP contribution in [-0.4, -0.2) is 66.5 Å². The van der Waals surface area contributed by atoms with E-state index >= 15 is 0 Å². The molecule has 0 aromatic rings. The molecular weight excluding hydrogens is 298 g/mol. The summed E-state index contributed by atoms with van der Waals surface area (Å²) in [4.78, 5) is 47.6. The van der Waals surface area contributed by atoms with Crippen LogP contribution in [0.3, 0.4) is 0 Å². The molecule has 4 amide bonds. The molecular formula is C12H19N3O5S. The molecule has 1 heterocycles. The van der Waals surface area contributed by atoms with Gasteiger partial charge in [0.2, 0.25) is 23.6 Å². The van der Waals surface area contributed by atoms with Crippen molar-refractivity contribution in [2.75, 3.05) is 32.7 Å². The number of ether oxygens (including phenoxy) is 1. The van der Waals surface area contributed by atoms with Gasteiger partial charge in [0.25, 0.3) is 0 Å². The molecule has 1 fully saturated rings. The lowest BCUT2D eigenvalue weighted by atomic mass is 10.4. The number of amides is 4. The lowest BCUT2D eigenvalue weighted by Gasteiger charge is -2.14. The van der Waals surface area contributed by atoms with Crippen LogP contribution >= 0.6 is 11.8 Å². The first kappa shape index (κ1) is 17.4. The first-order valence-electron chi connectivity index (χ1n) is 6.47. The van der Waals surface area contributed by atoms with Crippen LogP contribution < -0.4 is 10.6 Å². The number of likely N-dealkylation sites (tertiary alicyclic amines) is 1. The number of imide groups is 1. The van der Waals surface area contributed by atoms with Gasteiger partial charge in [-0.2, -0.15) is 0 Å². The van der Waals surface area contributed by atoms with Crippen molar-refractivity contribution in [3.63, 3.8) is 0 Å². The van der Waals surface area contributed by atoms with Crippen LogP contribution in [-0.2, 0) is 23.9 Å². The molecule has 0 radical (unpaired) electrons. The molecule has 0 spiro atoms. The van der Waals surface area contributed by atoms with Gasteiger partial charge in [0.1, 0.15) is 13.3 Å². The Morgan fingerprint density at radius 3 is 2.67 bits per heavy atom. The van der Waals surface area contributed by atoms with Crippen LogP contribution in [0.25, 0.3) is 0 Å². The average Bonchev–Trinajstić information content (AvgIpc) is 2.71. The minimum atomic E-state index is -0.602. The number of rotatable bonds is 8. The minimum Gasteiger partial charge on any atom is -0.364 e. The number of methoxy groups -OCH3 is 1. The van der Waals surface area contributed by atoms with Crippen molar-refractivity contribution < 1.29 is 23.9 Å². The van der Waals surface area contributed by atoms with E-state index in [0.717, 1.165) is 16.7 Å². The number of nitrogens with one attached hydrogen (secondary N) is 2. The van der Waals surface area contributed by atoms with Crippen molar-refractivity contribution in [3.05, 3.63) is 0 Å². The van der Waals surface area contributed by atoms with Gasteiger partial charge < -0.3 is 15.4 Å². The topological polar surface area (TPSA) is 105 Å². The van der Waals surface area contributed by atoms with Gasteiger partial charge in [0.05, 0.1) is 11.0 Å². The maximum atomic E-state index is 12.0. The first-order chi connectivity index (χ1) is 9.99. The van der Waals surface area contributed by atoms with E-state index in [2.05, 4.69) is 15.4 Å². The van der Waals surface area contributed by atoms with Crippen molar-refractivity contribution in [3.8, 4) is 0 Å². The molecule has 0 bridgehead atoms. The van der Waals surface area contributed by atoms with E-state index in [0.29, 0.717) is 6.54 Å². The Balaban J connectivity index is 2.47. The molecule has 0 aromatic carbocycles. The zero-order valence-corrected chi connectivity index (χ0v) is 12.8. The van der Waals surface area contributed by atoms with Gasteiger partial charge in [-0.05, 0) is 6.92 Å². The Hall–Kier alpha value is -1.61. The Morgan fingerprint density at radius 1 is 1.33 bits per heavy atom. The largest absolute Gasteiger partial charge is 0.364 e. The number of hydrogen-bond acceptors (Lipinski definition) is 6. The second-order valence-corrected chi connectivity index (χ2v) is 5.50. The van der Waals surface area contributed by atoms with Crippen LogP contribution in [0.2, 0.25) is 0 Å². The van der Waals surface area contributed by atoms with Crippen molar-refractivity contribution in [1.29, 1.82) is 0 Å². The van der Waals surface area contributed by atoms with E-state index in [1.54, 1.807) is 6.92 Å². The Kier molecular flexibility index (Phi) is 7.17. The van der Waals surface area contributed by atoms with Crippen LogP contribution in [0.15, 0.2) is 0 Å². The van der Waals surface area contributed by atoms with Gasteiger partial charge in [0, 0.05) is 20.1 Å². The smallest absolute Gasteiger partial charge is 0.243 e. The average molecular weight is 317 g/mol. The second kappa shape index (κ2) is 8.63. The Labute approximate surface area is 126 Å². The van der Waals surface area contributed by atoms with E-state index in [1.807, 2.05) is 0 Å². The number of nitrogens with zero attached hydrogens (tertiary/aromatic N) is 1. The van der Waals surface area contributed by atoms with Gasteiger partial charge >= 0.3 is 0 Å². The molecule has 9 heteroatoms. The predicted octanol–water partition coefficient (Wildman–Crippen LogP) is -1.30. The SMILES string of the molecule is CCNC(=O)CSC1CC(=O)N(CC(=O)NCOC)C1=O. The summed E-state index contributed by atoms with van der Waals surface area (Å²) in [6.07, 6.45) is 0.0143. The monoisotopic (exact) mass is 317 g/mol. The van der Waals surface area contributed by atoms with Gasteiger partial charge in [-0.25, -0.2) is 0 Å². The Bertz CT molecular complexity index is 429. The summed E-state index contributed by atoms with van der Waals surface area (Å²) in [6.45, 7) is 2.01. The molecule has 21 heavy (non-hydrogen) atoms. The number of hydrogen-bond donors (Lipinski definition) is 2. The second-order valence-electron chi connectivity index (χ2n) is 4.31. The van der Waals surface area contributed by atoms with Gasteiger partial charge in [-0.3, -0.25) is 24.1 Å². The minimum absolute atomic E-state index is 0.0143. The lowest BCUT2D eigenvalue weighted by Crippen LogP contribution is -2.41. The van der Waals surface area contributed by atoms with E-state index in [9.17, 15) is 19.2 Å². The maximum Gasteiger partial charge on any atom is 0.243 e. The molecule has 1 atom stereocenters. The van der Waals surface area contributed by atoms with E-state index in [1.165, 1.54) is 7.11 Å². The van der Waals surface area contributed by atoms with Crippen LogP contribution in [0.5, 0.6) is 0 Å². The zero-order chi connectivity index (χ0) is 15.8. The third-order valence-corrected chi connectivity index (χ3v) is 3.91. The summed E-state index contributed by atoms with van der Waals surface area (Å²) in [5.74, 6) is -1.36. The number of carbonyl (C=O) groups excluding carboxylic acids is 4. The fourth-order valence-electron chi connectivity index (χ4n) is 1.73. The van der Waals surface area contributed by atoms with Crippen molar-refractivity contribution in [2.24, 2.45) is 0 Å². The zero-order valence-electron chi connectivity index (χ0n) is 12.0. The van der Waals surface area contributed by atoms with Gasteiger partial charge in [-0.1, -0.05) is 0 Å². The van der Waals surface area contributed by atoms with Crippen molar-refractivity contribution >= 4 is 35.4 Å². The summed E-state index contributed by atoms with van der Waals surface area (Å²) in [7, 11) is 1.42. The predicted molar refractivity (Wildman–Crippen MR) is 76.3 cm³/mol. The highest BCUT2D eigenvalue weighted by molar-refractivity contribution is 8.01. The molecule has 1 saturated heterocycles. The summed E-state index contributed by atoms with van der Waals surface area (Å²) in [5, 5.41) is 4.42. The molecule has 0 aliphatic carbocycles. The third kappa shape index (κ3) is 5.35. The molecule has 1 aliphatic heterocycles. The lowest BCUT2D eigenvalue weighted by molar-refractivity contribution is -0.142. The standard InChI is InChI=1S/C12H19N3O5S/c1-3-13-10(17)6-21-8-4-11(18)15(12(8)19)5-9(16)14-7-20-2/h8H,3-7H2,1-2H3,(H,13,17)(H,14,16). The molecule has 1 aliphatic rings. The molecule has 1 unspecified atom stereocenters. The molecule has 1 rings (SSSR count). The quantitative estimate of drug-likeness (QED) is 0.426. The Morgan fingerprint density at radius 2 is 2.05 bits per heavy atom. The normalized spacial score (nSPS) is 18.0. The number of thioether (sulfide) groups is 1. The molecule has 0 aromatic heterocycles. The molecule has 8 nitrogen and oxygen atoms in total. The van der Waals surface area contributed by atoms with Crippen molar-refractivity contribution in [2.45, 2.75) is 18.6 Å². The summed E-state index contributed by atoms with van der Waals surface area (Å²) >= 11 is 1.11. The van der Waals surface area contributed by atoms with Gasteiger partial charge in [0.15, 0.2) is 0 Å². The highest BCUT2D eigenvalue weighted by atomic mass is 32.2. The van der Waals surface area contributed by atoms with E-state index in [-0.39, 0.29) is 31.4 Å². The first-order valence-corrected chi connectivity index (χ1v) is 7.52. The van der Waals surface area contributed by atoms with E-state index < -0.39 is 23.0 Å². The third-order valence-electron chi connectivity index (χ3n) is 2.71. The van der Waals surface area contributed by atoms with Crippen LogP contribution in [0, 0.1) is 0 Å². The van der Waals surface area contributed by atoms with Crippen LogP contribution in [0.4, 0.5) is 0 Å². The summed E-state index contributed by atoms with van der Waals surface area (Å²) < 4.78 is 4.67. The highest BCUT2D eigenvalue weighted by Crippen LogP contribution is 2.24. The van der Waals surface area contributed by atoms with E-state index in [4.69, 9.17) is 0 Å². The summed E-state index contributed by atoms with van der Waals surface area (Å²) in [5.41, 5.74) is 0. The molecule has 118 valence electrons. The van der Waals surface area contributed by atoms with Crippen LogP contribution in [0.1, 0.15) is 13.3 Å².